The number of pyridine rings is 1. The van der Waals surface area contributed by atoms with Gasteiger partial charge in [0.1, 0.15) is 17.9 Å². The number of aromatic nitrogens is 1. The molecule has 1 aromatic heterocycles. The van der Waals surface area contributed by atoms with Crippen molar-refractivity contribution in [2.45, 2.75) is 44.6 Å². The van der Waals surface area contributed by atoms with Crippen molar-refractivity contribution < 1.29 is 4.74 Å². The van der Waals surface area contributed by atoms with E-state index in [2.05, 4.69) is 22.4 Å². The Balaban J connectivity index is 1.50. The molecule has 1 N–H and O–H groups in total. The van der Waals surface area contributed by atoms with E-state index in [1.165, 1.54) is 38.5 Å². The monoisotopic (exact) mass is 284 g/mol. The number of rotatable bonds is 5. The van der Waals surface area contributed by atoms with Crippen LogP contribution in [-0.4, -0.2) is 24.2 Å². The summed E-state index contributed by atoms with van der Waals surface area (Å²) < 4.78 is 5.92. The lowest BCUT2D eigenvalue weighted by Gasteiger charge is -2.16. The molecule has 3 nitrogen and oxygen atoms in total. The minimum absolute atomic E-state index is 0.682. The van der Waals surface area contributed by atoms with Crippen LogP contribution in [0.15, 0.2) is 36.5 Å². The lowest BCUT2D eigenvalue weighted by molar-refractivity contribution is 0.303. The second-order valence-electron chi connectivity index (χ2n) is 5.82. The molecule has 1 fully saturated rings. The van der Waals surface area contributed by atoms with Crippen LogP contribution >= 0.6 is 0 Å². The van der Waals surface area contributed by atoms with Crippen molar-refractivity contribution in [2.75, 3.05) is 13.2 Å². The zero-order valence-corrected chi connectivity index (χ0v) is 12.6. The number of hydrogen-bond acceptors (Lipinski definition) is 3. The Morgan fingerprint density at radius 3 is 2.71 bits per heavy atom. The van der Waals surface area contributed by atoms with Crippen molar-refractivity contribution in [3.05, 3.63) is 36.5 Å². The first-order valence-electron chi connectivity index (χ1n) is 8.13. The molecule has 0 amide bonds. The van der Waals surface area contributed by atoms with Gasteiger partial charge in [-0.1, -0.05) is 43.9 Å². The third-order valence-electron chi connectivity index (χ3n) is 4.24. The fourth-order valence-electron chi connectivity index (χ4n) is 3.10. The molecule has 0 saturated heterocycles. The number of ether oxygens (including phenoxy) is 1. The molecule has 1 aliphatic carbocycles. The maximum Gasteiger partial charge on any atom is 0.145 e. The van der Waals surface area contributed by atoms with Gasteiger partial charge in [-0.3, -0.25) is 4.98 Å². The van der Waals surface area contributed by atoms with Crippen molar-refractivity contribution >= 4 is 10.9 Å². The van der Waals surface area contributed by atoms with Crippen molar-refractivity contribution in [1.82, 2.24) is 10.3 Å². The molecule has 0 spiro atoms. The van der Waals surface area contributed by atoms with Crippen LogP contribution in [-0.2, 0) is 0 Å². The number of para-hydroxylation sites is 1. The first kappa shape index (κ1) is 14.3. The third-order valence-corrected chi connectivity index (χ3v) is 4.24. The molecule has 112 valence electrons. The van der Waals surface area contributed by atoms with Gasteiger partial charge in [0.05, 0.1) is 0 Å². The Morgan fingerprint density at radius 2 is 1.86 bits per heavy atom. The highest BCUT2D eigenvalue weighted by Crippen LogP contribution is 2.22. The summed E-state index contributed by atoms with van der Waals surface area (Å²) in [5.74, 6) is 0.885. The largest absolute Gasteiger partial charge is 0.490 e. The summed E-state index contributed by atoms with van der Waals surface area (Å²) in [7, 11) is 0. The SMILES string of the molecule is c1cnc2c(OCCNC3CCCCCC3)cccc2c1. The lowest BCUT2D eigenvalue weighted by atomic mass is 10.1. The molecule has 1 saturated carbocycles. The van der Waals surface area contributed by atoms with Gasteiger partial charge in [0.2, 0.25) is 0 Å². The number of hydrogen-bond donors (Lipinski definition) is 1. The predicted molar refractivity (Wildman–Crippen MR) is 86.7 cm³/mol. The Kier molecular flexibility index (Phi) is 5.06. The van der Waals surface area contributed by atoms with E-state index in [1.54, 1.807) is 0 Å². The molecule has 0 radical (unpaired) electrons. The van der Waals surface area contributed by atoms with Gasteiger partial charge in [-0.05, 0) is 25.0 Å². The van der Waals surface area contributed by atoms with E-state index >= 15 is 0 Å². The summed E-state index contributed by atoms with van der Waals surface area (Å²) in [6, 6.07) is 10.8. The normalized spacial score (nSPS) is 16.8. The van der Waals surface area contributed by atoms with Crippen LogP contribution in [0.4, 0.5) is 0 Å². The fourth-order valence-corrected chi connectivity index (χ4v) is 3.10. The van der Waals surface area contributed by atoms with Crippen molar-refractivity contribution in [2.24, 2.45) is 0 Å². The van der Waals surface area contributed by atoms with Crippen LogP contribution in [0.1, 0.15) is 38.5 Å². The average Bonchev–Trinajstić information content (AvgIpc) is 2.80. The van der Waals surface area contributed by atoms with E-state index in [9.17, 15) is 0 Å². The van der Waals surface area contributed by atoms with Crippen molar-refractivity contribution in [3.63, 3.8) is 0 Å². The maximum atomic E-state index is 5.92. The van der Waals surface area contributed by atoms with Gasteiger partial charge in [0.15, 0.2) is 0 Å². The van der Waals surface area contributed by atoms with E-state index < -0.39 is 0 Å². The van der Waals surface area contributed by atoms with Gasteiger partial charge in [-0.25, -0.2) is 0 Å². The topological polar surface area (TPSA) is 34.1 Å². The third kappa shape index (κ3) is 3.94. The van der Waals surface area contributed by atoms with Crippen LogP contribution in [0.2, 0.25) is 0 Å². The molecule has 3 heteroatoms. The van der Waals surface area contributed by atoms with Gasteiger partial charge in [0.25, 0.3) is 0 Å². The minimum atomic E-state index is 0.682. The molecular weight excluding hydrogens is 260 g/mol. The molecule has 1 aromatic carbocycles. The average molecular weight is 284 g/mol. The van der Waals surface area contributed by atoms with E-state index in [4.69, 9.17) is 4.74 Å². The van der Waals surface area contributed by atoms with E-state index in [1.807, 2.05) is 24.4 Å². The highest BCUT2D eigenvalue weighted by atomic mass is 16.5. The Morgan fingerprint density at radius 1 is 1.05 bits per heavy atom. The first-order chi connectivity index (χ1) is 10.4. The number of nitrogens with zero attached hydrogens (tertiary/aromatic N) is 1. The van der Waals surface area contributed by atoms with Crippen LogP contribution < -0.4 is 10.1 Å². The van der Waals surface area contributed by atoms with Gasteiger partial charge in [-0.2, -0.15) is 0 Å². The van der Waals surface area contributed by atoms with Gasteiger partial charge in [-0.15, -0.1) is 0 Å². The molecule has 2 aromatic rings. The molecular formula is C18H24N2O. The summed E-state index contributed by atoms with van der Waals surface area (Å²) in [6.07, 6.45) is 9.98. The van der Waals surface area contributed by atoms with Gasteiger partial charge >= 0.3 is 0 Å². The molecule has 0 bridgehead atoms. The lowest BCUT2D eigenvalue weighted by Crippen LogP contribution is -2.32. The summed E-state index contributed by atoms with van der Waals surface area (Å²) in [5.41, 5.74) is 0.953. The van der Waals surface area contributed by atoms with Gasteiger partial charge in [0, 0.05) is 24.2 Å². The number of benzene rings is 1. The number of fused-ring (bicyclic) bond motifs is 1. The van der Waals surface area contributed by atoms with Crippen LogP contribution in [0, 0.1) is 0 Å². The number of nitrogens with one attached hydrogen (secondary N) is 1. The zero-order valence-electron chi connectivity index (χ0n) is 12.6. The fraction of sp³-hybridized carbons (Fsp3) is 0.500. The molecule has 3 rings (SSSR count). The minimum Gasteiger partial charge on any atom is -0.490 e. The zero-order chi connectivity index (χ0) is 14.3. The predicted octanol–water partition coefficient (Wildman–Crippen LogP) is 3.93. The highest BCUT2D eigenvalue weighted by Gasteiger charge is 2.11. The van der Waals surface area contributed by atoms with Gasteiger partial charge < -0.3 is 10.1 Å². The second kappa shape index (κ2) is 7.41. The first-order valence-corrected chi connectivity index (χ1v) is 8.13. The molecule has 1 heterocycles. The quantitative estimate of drug-likeness (QED) is 0.667. The van der Waals surface area contributed by atoms with Crippen molar-refractivity contribution in [3.8, 4) is 5.75 Å². The summed E-state index contributed by atoms with van der Waals surface area (Å²) in [4.78, 5) is 4.42. The van der Waals surface area contributed by atoms with Crippen LogP contribution in [0.5, 0.6) is 5.75 Å². The van der Waals surface area contributed by atoms with E-state index in [-0.39, 0.29) is 0 Å². The summed E-state index contributed by atoms with van der Waals surface area (Å²) >= 11 is 0. The molecule has 1 aliphatic rings. The Labute approximate surface area is 126 Å². The van der Waals surface area contributed by atoms with Crippen molar-refractivity contribution in [1.29, 1.82) is 0 Å². The van der Waals surface area contributed by atoms with E-state index in [0.29, 0.717) is 12.6 Å². The molecule has 21 heavy (non-hydrogen) atoms. The summed E-state index contributed by atoms with van der Waals surface area (Å²) in [6.45, 7) is 1.61. The highest BCUT2D eigenvalue weighted by molar-refractivity contribution is 5.84. The summed E-state index contributed by atoms with van der Waals surface area (Å²) in [5, 5.41) is 4.77. The molecule has 0 aliphatic heterocycles. The van der Waals surface area contributed by atoms with Crippen LogP contribution in [0.25, 0.3) is 10.9 Å². The standard InChI is InChI=1S/C18H24N2O/c1-2-4-10-16(9-3-1)19-13-14-21-17-11-5-7-15-8-6-12-20-18(15)17/h5-8,11-12,16,19H,1-4,9-10,13-14H2. The van der Waals surface area contributed by atoms with E-state index in [0.717, 1.165) is 23.2 Å². The second-order valence-corrected chi connectivity index (χ2v) is 5.82. The van der Waals surface area contributed by atoms with Crippen LogP contribution in [0.3, 0.4) is 0 Å². The Bertz CT molecular complexity index is 557. The molecule has 0 atom stereocenters. The molecule has 0 unspecified atom stereocenters. The maximum absolute atomic E-state index is 5.92. The smallest absolute Gasteiger partial charge is 0.145 e. The Hall–Kier alpha value is -1.61.